The van der Waals surface area contributed by atoms with E-state index in [0.717, 1.165) is 59.4 Å². The lowest BCUT2D eigenvalue weighted by molar-refractivity contribution is 0.102. The number of hydrogen-bond acceptors (Lipinski definition) is 6. The highest BCUT2D eigenvalue weighted by Crippen LogP contribution is 2.35. The van der Waals surface area contributed by atoms with E-state index in [1.54, 1.807) is 6.20 Å². The van der Waals surface area contributed by atoms with Gasteiger partial charge in [0.2, 0.25) is 0 Å². The van der Waals surface area contributed by atoms with Crippen LogP contribution in [0.15, 0.2) is 54.0 Å². The van der Waals surface area contributed by atoms with Gasteiger partial charge in [-0.15, -0.1) is 11.3 Å². The van der Waals surface area contributed by atoms with E-state index in [9.17, 15) is 13.6 Å². The van der Waals surface area contributed by atoms with Crippen molar-refractivity contribution >= 4 is 39.5 Å². The van der Waals surface area contributed by atoms with Gasteiger partial charge in [0.25, 0.3) is 5.91 Å². The monoisotopic (exact) mass is 465 g/mol. The van der Waals surface area contributed by atoms with Crippen molar-refractivity contribution in [1.29, 1.82) is 0 Å². The summed E-state index contributed by atoms with van der Waals surface area (Å²) < 4.78 is 28.3. The number of carbonyl (C=O) groups excluding carboxylic acids is 1. The van der Waals surface area contributed by atoms with E-state index in [1.165, 1.54) is 11.4 Å². The molecule has 6 nitrogen and oxygen atoms in total. The van der Waals surface area contributed by atoms with E-state index in [0.29, 0.717) is 12.2 Å². The standard InChI is InChI=1S/C24H21F2N5OS/c25-16-7-3-8-17(26)21(16)24-30-20(13-33-24)23(32)29-19-11-28-18-9-2-1-6-15(18)22(19)31-10-4-5-14(27)12-31/h1-3,6-9,11,13-14H,4-5,10,12,27H2,(H,29,32). The molecule has 168 valence electrons. The first-order valence-electron chi connectivity index (χ1n) is 10.6. The van der Waals surface area contributed by atoms with Crippen LogP contribution < -0.4 is 16.0 Å². The summed E-state index contributed by atoms with van der Waals surface area (Å²) in [6, 6.07) is 11.4. The Balaban J connectivity index is 1.49. The zero-order chi connectivity index (χ0) is 22.9. The topological polar surface area (TPSA) is 84.1 Å². The molecule has 3 N–H and O–H groups in total. The Bertz CT molecular complexity index is 1320. The Morgan fingerprint density at radius 2 is 1.94 bits per heavy atom. The van der Waals surface area contributed by atoms with Gasteiger partial charge in [-0.3, -0.25) is 9.78 Å². The predicted octanol–water partition coefficient (Wildman–Crippen LogP) is 4.82. The zero-order valence-corrected chi connectivity index (χ0v) is 18.4. The first kappa shape index (κ1) is 21.4. The first-order chi connectivity index (χ1) is 16.0. The highest BCUT2D eigenvalue weighted by atomic mass is 32.1. The normalized spacial score (nSPS) is 16.2. The van der Waals surface area contributed by atoms with Crippen molar-refractivity contribution in [3.63, 3.8) is 0 Å². The van der Waals surface area contributed by atoms with Gasteiger partial charge in [0.05, 0.1) is 28.7 Å². The molecule has 1 atom stereocenters. The number of nitrogens with one attached hydrogen (secondary N) is 1. The van der Waals surface area contributed by atoms with Crippen molar-refractivity contribution in [1.82, 2.24) is 9.97 Å². The van der Waals surface area contributed by atoms with Crippen LogP contribution in [0.5, 0.6) is 0 Å². The summed E-state index contributed by atoms with van der Waals surface area (Å²) in [5.41, 5.74) is 8.27. The SMILES string of the molecule is NC1CCCN(c2c(NC(=O)c3csc(-c4c(F)cccc4F)n3)cnc3ccccc23)C1. The van der Waals surface area contributed by atoms with Crippen LogP contribution in [-0.2, 0) is 0 Å². The molecule has 4 aromatic rings. The van der Waals surface area contributed by atoms with Crippen molar-refractivity contribution in [2.24, 2.45) is 5.73 Å². The molecule has 0 radical (unpaired) electrons. The van der Waals surface area contributed by atoms with Crippen LogP contribution in [0.4, 0.5) is 20.2 Å². The number of aromatic nitrogens is 2. The predicted molar refractivity (Wildman–Crippen MR) is 127 cm³/mol. The van der Waals surface area contributed by atoms with Gasteiger partial charge < -0.3 is 16.0 Å². The number of rotatable bonds is 4. The average molecular weight is 466 g/mol. The van der Waals surface area contributed by atoms with Crippen LogP contribution in [0.2, 0.25) is 0 Å². The summed E-state index contributed by atoms with van der Waals surface area (Å²) in [7, 11) is 0. The number of anilines is 2. The zero-order valence-electron chi connectivity index (χ0n) is 17.6. The number of pyridine rings is 1. The number of amides is 1. The maximum absolute atomic E-state index is 14.1. The van der Waals surface area contributed by atoms with Gasteiger partial charge in [0, 0.05) is 29.9 Å². The second-order valence-corrected chi connectivity index (χ2v) is 8.83. The quantitative estimate of drug-likeness (QED) is 0.452. The third-order valence-corrected chi connectivity index (χ3v) is 6.54. The maximum atomic E-state index is 14.1. The molecule has 1 unspecified atom stereocenters. The fourth-order valence-corrected chi connectivity index (χ4v) is 5.00. The number of para-hydroxylation sites is 1. The number of halogens is 2. The van der Waals surface area contributed by atoms with Crippen molar-refractivity contribution in [2.45, 2.75) is 18.9 Å². The summed E-state index contributed by atoms with van der Waals surface area (Å²) in [5.74, 6) is -1.92. The minimum Gasteiger partial charge on any atom is -0.368 e. The Morgan fingerprint density at radius 3 is 2.73 bits per heavy atom. The van der Waals surface area contributed by atoms with Crippen LogP contribution in [0.3, 0.4) is 0 Å². The summed E-state index contributed by atoms with van der Waals surface area (Å²) in [5, 5.41) is 5.41. The first-order valence-corrected chi connectivity index (χ1v) is 11.5. The van der Waals surface area contributed by atoms with Crippen LogP contribution in [0.25, 0.3) is 21.5 Å². The van der Waals surface area contributed by atoms with E-state index in [4.69, 9.17) is 5.73 Å². The number of fused-ring (bicyclic) bond motifs is 1. The van der Waals surface area contributed by atoms with Crippen molar-refractivity contribution in [3.8, 4) is 10.6 Å². The molecular weight excluding hydrogens is 444 g/mol. The molecule has 5 rings (SSSR count). The van der Waals surface area contributed by atoms with Gasteiger partial charge in [0.15, 0.2) is 0 Å². The minimum atomic E-state index is -0.723. The average Bonchev–Trinajstić information content (AvgIpc) is 3.29. The van der Waals surface area contributed by atoms with E-state index < -0.39 is 17.5 Å². The van der Waals surface area contributed by atoms with Gasteiger partial charge in [-0.2, -0.15) is 0 Å². The lowest BCUT2D eigenvalue weighted by atomic mass is 10.0. The second kappa shape index (κ2) is 8.84. The Labute approximate surface area is 193 Å². The molecule has 3 heterocycles. The van der Waals surface area contributed by atoms with Crippen molar-refractivity contribution in [2.75, 3.05) is 23.3 Å². The molecule has 2 aromatic carbocycles. The smallest absolute Gasteiger partial charge is 0.275 e. The van der Waals surface area contributed by atoms with Gasteiger partial charge in [-0.25, -0.2) is 13.8 Å². The maximum Gasteiger partial charge on any atom is 0.275 e. The van der Waals surface area contributed by atoms with Gasteiger partial charge in [-0.05, 0) is 31.0 Å². The fourth-order valence-electron chi connectivity index (χ4n) is 4.15. The van der Waals surface area contributed by atoms with Gasteiger partial charge in [-0.1, -0.05) is 24.3 Å². The largest absolute Gasteiger partial charge is 0.368 e. The highest BCUT2D eigenvalue weighted by Gasteiger charge is 2.24. The summed E-state index contributed by atoms with van der Waals surface area (Å²) in [6.45, 7) is 1.49. The number of hydrogen-bond donors (Lipinski definition) is 2. The number of nitrogens with zero attached hydrogens (tertiary/aromatic N) is 3. The summed E-state index contributed by atoms with van der Waals surface area (Å²) in [6.07, 6.45) is 3.53. The molecule has 0 bridgehead atoms. The molecule has 0 spiro atoms. The molecule has 0 saturated carbocycles. The number of benzene rings is 2. The summed E-state index contributed by atoms with van der Waals surface area (Å²) in [4.78, 5) is 23.9. The van der Waals surface area contributed by atoms with Crippen LogP contribution in [0, 0.1) is 11.6 Å². The molecule has 1 fully saturated rings. The minimum absolute atomic E-state index is 0.0472. The van der Waals surface area contributed by atoms with E-state index in [-0.39, 0.29) is 22.3 Å². The highest BCUT2D eigenvalue weighted by molar-refractivity contribution is 7.13. The molecule has 1 saturated heterocycles. The Morgan fingerprint density at radius 1 is 1.15 bits per heavy atom. The Hall–Kier alpha value is -3.43. The van der Waals surface area contributed by atoms with E-state index in [1.807, 2.05) is 24.3 Å². The van der Waals surface area contributed by atoms with Crippen molar-refractivity contribution < 1.29 is 13.6 Å². The number of piperidine rings is 1. The molecule has 0 aliphatic carbocycles. The molecule has 2 aromatic heterocycles. The molecule has 1 aliphatic heterocycles. The third-order valence-electron chi connectivity index (χ3n) is 5.68. The molecule has 9 heteroatoms. The van der Waals surface area contributed by atoms with Crippen molar-refractivity contribution in [3.05, 3.63) is 71.4 Å². The second-order valence-electron chi connectivity index (χ2n) is 7.97. The molecule has 1 amide bonds. The van der Waals surface area contributed by atoms with Crippen LogP contribution in [-0.4, -0.2) is 35.0 Å². The Kier molecular flexibility index (Phi) is 5.74. The third kappa shape index (κ3) is 4.17. The van der Waals surface area contributed by atoms with E-state index >= 15 is 0 Å². The van der Waals surface area contributed by atoms with Crippen LogP contribution >= 0.6 is 11.3 Å². The molecule has 1 aliphatic rings. The molecular formula is C24H21F2N5OS. The van der Waals surface area contributed by atoms with Gasteiger partial charge >= 0.3 is 0 Å². The van der Waals surface area contributed by atoms with Gasteiger partial charge in [0.1, 0.15) is 22.3 Å². The number of thiazole rings is 1. The lowest BCUT2D eigenvalue weighted by Crippen LogP contribution is -2.43. The number of carbonyl (C=O) groups is 1. The molecule has 33 heavy (non-hydrogen) atoms. The number of nitrogens with two attached hydrogens (primary N) is 1. The van der Waals surface area contributed by atoms with E-state index in [2.05, 4.69) is 20.2 Å². The van der Waals surface area contributed by atoms with Crippen LogP contribution in [0.1, 0.15) is 23.3 Å². The summed E-state index contributed by atoms with van der Waals surface area (Å²) >= 11 is 1.01. The lowest BCUT2D eigenvalue weighted by Gasteiger charge is -2.34. The fraction of sp³-hybridized carbons (Fsp3) is 0.208.